The van der Waals surface area contributed by atoms with E-state index in [4.69, 9.17) is 4.74 Å². The lowest BCUT2D eigenvalue weighted by molar-refractivity contribution is -0.386. The minimum atomic E-state index is -0.713. The van der Waals surface area contributed by atoms with Crippen LogP contribution in [0.15, 0.2) is 16.6 Å². The van der Waals surface area contributed by atoms with Crippen molar-refractivity contribution in [2.45, 2.75) is 37.9 Å². The highest BCUT2D eigenvalue weighted by Gasteiger charge is 2.29. The standard InChI is InChI=1S/C12H13BrFNO4/c13-8-5-7(14)6-9(15(17)18)12(8)19-11-4-2-1-3-10(11)16/h5-6,10-11,16H,1-4H2/t10-,11-/m1/s1. The normalized spacial score (nSPS) is 23.1. The molecule has 0 aromatic heterocycles. The summed E-state index contributed by atoms with van der Waals surface area (Å²) in [6.45, 7) is 0. The summed E-state index contributed by atoms with van der Waals surface area (Å²) in [4.78, 5) is 10.2. The molecule has 7 heteroatoms. The second kappa shape index (κ2) is 5.83. The van der Waals surface area contributed by atoms with Crippen molar-refractivity contribution in [1.82, 2.24) is 0 Å². The van der Waals surface area contributed by atoms with Crippen LogP contribution in [0.4, 0.5) is 10.1 Å². The predicted octanol–water partition coefficient (Wildman–Crippen LogP) is 3.18. The molecule has 2 atom stereocenters. The highest BCUT2D eigenvalue weighted by molar-refractivity contribution is 9.10. The predicted molar refractivity (Wildman–Crippen MR) is 69.6 cm³/mol. The zero-order valence-corrected chi connectivity index (χ0v) is 11.6. The Morgan fingerprint density at radius 2 is 2.11 bits per heavy atom. The fourth-order valence-electron chi connectivity index (χ4n) is 2.17. The number of benzene rings is 1. The van der Waals surface area contributed by atoms with Crippen LogP contribution in [0, 0.1) is 15.9 Å². The lowest BCUT2D eigenvalue weighted by Crippen LogP contribution is -2.34. The average Bonchev–Trinajstić information content (AvgIpc) is 2.34. The molecule has 0 bridgehead atoms. The molecule has 0 heterocycles. The third kappa shape index (κ3) is 3.22. The maximum Gasteiger partial charge on any atom is 0.315 e. The second-order valence-corrected chi connectivity index (χ2v) is 5.36. The van der Waals surface area contributed by atoms with Gasteiger partial charge in [-0.05, 0) is 41.3 Å². The van der Waals surface area contributed by atoms with Crippen molar-refractivity contribution in [3.05, 3.63) is 32.5 Å². The third-order valence-corrected chi connectivity index (χ3v) is 3.71. The zero-order valence-electron chi connectivity index (χ0n) is 10.0. The van der Waals surface area contributed by atoms with Crippen molar-refractivity contribution in [2.24, 2.45) is 0 Å². The number of aliphatic hydroxyl groups is 1. The Morgan fingerprint density at radius 3 is 2.74 bits per heavy atom. The van der Waals surface area contributed by atoms with Crippen molar-refractivity contribution in [2.75, 3.05) is 0 Å². The maximum absolute atomic E-state index is 13.2. The first kappa shape index (κ1) is 14.2. The lowest BCUT2D eigenvalue weighted by atomic mass is 9.95. The summed E-state index contributed by atoms with van der Waals surface area (Å²) in [5.41, 5.74) is -0.440. The van der Waals surface area contributed by atoms with Crippen LogP contribution in [0.2, 0.25) is 0 Å². The number of rotatable bonds is 3. The topological polar surface area (TPSA) is 72.6 Å². The Balaban J connectivity index is 2.30. The van der Waals surface area contributed by atoms with Gasteiger partial charge in [0.25, 0.3) is 0 Å². The highest BCUT2D eigenvalue weighted by Crippen LogP contribution is 2.38. The molecule has 1 aliphatic carbocycles. The first-order chi connectivity index (χ1) is 8.99. The molecule has 1 aromatic rings. The number of nitro benzene ring substituents is 1. The van der Waals surface area contributed by atoms with Crippen LogP contribution >= 0.6 is 15.9 Å². The molecule has 1 aliphatic rings. The van der Waals surface area contributed by atoms with E-state index < -0.39 is 28.6 Å². The van der Waals surface area contributed by atoms with Crippen molar-refractivity contribution < 1.29 is 19.2 Å². The first-order valence-corrected chi connectivity index (χ1v) is 6.76. The van der Waals surface area contributed by atoms with Gasteiger partial charge < -0.3 is 9.84 Å². The number of hydrogen-bond acceptors (Lipinski definition) is 4. The molecule has 0 aliphatic heterocycles. The Kier molecular flexibility index (Phi) is 4.36. The number of ether oxygens (including phenoxy) is 1. The van der Waals surface area contributed by atoms with E-state index in [1.807, 2.05) is 0 Å². The van der Waals surface area contributed by atoms with Gasteiger partial charge in [0.1, 0.15) is 11.9 Å². The number of hydrogen-bond donors (Lipinski definition) is 1. The van der Waals surface area contributed by atoms with Gasteiger partial charge in [-0.25, -0.2) is 4.39 Å². The van der Waals surface area contributed by atoms with Crippen LogP contribution < -0.4 is 4.74 Å². The summed E-state index contributed by atoms with van der Waals surface area (Å²) in [6, 6.07) is 1.92. The van der Waals surface area contributed by atoms with E-state index in [2.05, 4.69) is 15.9 Å². The summed E-state index contributed by atoms with van der Waals surface area (Å²) in [7, 11) is 0. The minimum Gasteiger partial charge on any atom is -0.480 e. The first-order valence-electron chi connectivity index (χ1n) is 5.97. The Labute approximate surface area is 117 Å². The highest BCUT2D eigenvalue weighted by atomic mass is 79.9. The number of aliphatic hydroxyl groups excluding tert-OH is 1. The van der Waals surface area contributed by atoms with E-state index in [0.29, 0.717) is 12.8 Å². The fraction of sp³-hybridized carbons (Fsp3) is 0.500. The van der Waals surface area contributed by atoms with Crippen molar-refractivity contribution in [3.63, 3.8) is 0 Å². The number of nitrogens with zero attached hydrogens (tertiary/aromatic N) is 1. The molecule has 0 amide bonds. The van der Waals surface area contributed by atoms with Crippen LogP contribution in [0.5, 0.6) is 5.75 Å². The van der Waals surface area contributed by atoms with Crippen LogP contribution in [-0.4, -0.2) is 22.2 Å². The van der Waals surface area contributed by atoms with Crippen LogP contribution in [0.1, 0.15) is 25.7 Å². The molecular weight excluding hydrogens is 321 g/mol. The molecule has 5 nitrogen and oxygen atoms in total. The van der Waals surface area contributed by atoms with E-state index >= 15 is 0 Å². The molecule has 1 aromatic carbocycles. The van der Waals surface area contributed by atoms with Gasteiger partial charge in [-0.1, -0.05) is 6.42 Å². The van der Waals surface area contributed by atoms with Crippen LogP contribution in [0.3, 0.4) is 0 Å². The second-order valence-electron chi connectivity index (χ2n) is 4.50. The van der Waals surface area contributed by atoms with E-state index in [0.717, 1.165) is 25.0 Å². The summed E-state index contributed by atoms with van der Waals surface area (Å²) >= 11 is 3.06. The smallest absolute Gasteiger partial charge is 0.315 e. The van der Waals surface area contributed by atoms with E-state index in [1.165, 1.54) is 0 Å². The molecule has 0 unspecified atom stereocenters. The van der Waals surface area contributed by atoms with Gasteiger partial charge in [0, 0.05) is 0 Å². The molecule has 1 fully saturated rings. The molecule has 0 saturated heterocycles. The van der Waals surface area contributed by atoms with Gasteiger partial charge in [-0.15, -0.1) is 0 Å². The lowest BCUT2D eigenvalue weighted by Gasteiger charge is -2.28. The zero-order chi connectivity index (χ0) is 14.0. The minimum absolute atomic E-state index is 0.0302. The van der Waals surface area contributed by atoms with Gasteiger partial charge in [-0.3, -0.25) is 10.1 Å². The molecule has 104 valence electrons. The van der Waals surface area contributed by atoms with E-state index in [1.54, 1.807) is 0 Å². The Morgan fingerprint density at radius 1 is 1.42 bits per heavy atom. The monoisotopic (exact) mass is 333 g/mol. The maximum atomic E-state index is 13.2. The van der Waals surface area contributed by atoms with Gasteiger partial charge in [0.05, 0.1) is 21.6 Å². The van der Waals surface area contributed by atoms with E-state index in [9.17, 15) is 19.6 Å². The van der Waals surface area contributed by atoms with Gasteiger partial charge in [0.2, 0.25) is 5.75 Å². The molecule has 2 rings (SSSR count). The fourth-order valence-corrected chi connectivity index (χ4v) is 2.68. The quantitative estimate of drug-likeness (QED) is 0.681. The van der Waals surface area contributed by atoms with Crippen LogP contribution in [0.25, 0.3) is 0 Å². The van der Waals surface area contributed by atoms with E-state index in [-0.39, 0.29) is 10.2 Å². The SMILES string of the molecule is O=[N+]([O-])c1cc(F)cc(Br)c1O[C@@H]1CCCC[C@H]1O. The van der Waals surface area contributed by atoms with Gasteiger partial charge in [0.15, 0.2) is 0 Å². The third-order valence-electron chi connectivity index (χ3n) is 3.12. The molecule has 1 saturated carbocycles. The summed E-state index contributed by atoms with van der Waals surface area (Å²) < 4.78 is 18.9. The van der Waals surface area contributed by atoms with Crippen molar-refractivity contribution >= 4 is 21.6 Å². The largest absolute Gasteiger partial charge is 0.480 e. The molecule has 19 heavy (non-hydrogen) atoms. The Hall–Kier alpha value is -1.21. The van der Waals surface area contributed by atoms with Crippen LogP contribution in [-0.2, 0) is 0 Å². The molecule has 1 N–H and O–H groups in total. The summed E-state index contributed by atoms with van der Waals surface area (Å²) in [5.74, 6) is -0.743. The summed E-state index contributed by atoms with van der Waals surface area (Å²) in [5, 5.41) is 20.7. The molecular formula is C12H13BrFNO4. The van der Waals surface area contributed by atoms with Crippen molar-refractivity contribution in [3.8, 4) is 5.75 Å². The molecule has 0 radical (unpaired) electrons. The Bertz CT molecular complexity index is 497. The molecule has 0 spiro atoms. The number of halogens is 2. The summed E-state index contributed by atoms with van der Waals surface area (Å²) in [6.07, 6.45) is 1.90. The average molecular weight is 334 g/mol. The van der Waals surface area contributed by atoms with Gasteiger partial charge >= 0.3 is 5.69 Å². The van der Waals surface area contributed by atoms with Gasteiger partial charge in [-0.2, -0.15) is 0 Å². The number of nitro groups is 1. The van der Waals surface area contributed by atoms with Crippen molar-refractivity contribution in [1.29, 1.82) is 0 Å².